The molecular formula is C8H11O7P. The Kier molecular flexibility index (Phi) is 3.58. The van der Waals surface area contributed by atoms with Crippen LogP contribution in [0.15, 0.2) is 0 Å². The van der Waals surface area contributed by atoms with Crippen molar-refractivity contribution in [2.45, 2.75) is 25.0 Å². The fourth-order valence-electron chi connectivity index (χ4n) is 1.43. The third-order valence-corrected chi connectivity index (χ3v) is 3.21. The van der Waals surface area contributed by atoms with Crippen LogP contribution in [0.25, 0.3) is 0 Å². The molecule has 2 rings (SSSR count). The van der Waals surface area contributed by atoms with Crippen LogP contribution in [0.2, 0.25) is 0 Å². The molecule has 2 heterocycles. The predicted octanol–water partition coefficient (Wildman–Crippen LogP) is 0.0403. The van der Waals surface area contributed by atoms with Crippen molar-refractivity contribution >= 4 is 20.2 Å². The molecule has 0 aromatic heterocycles. The zero-order valence-corrected chi connectivity index (χ0v) is 9.34. The van der Waals surface area contributed by atoms with Crippen molar-refractivity contribution in [2.24, 2.45) is 0 Å². The van der Waals surface area contributed by atoms with Crippen molar-refractivity contribution in [2.75, 3.05) is 13.2 Å². The van der Waals surface area contributed by atoms with E-state index in [-0.39, 0.29) is 13.2 Å². The number of carbonyl (C=O) groups is 2. The molecule has 2 atom stereocenters. The molecule has 90 valence electrons. The number of hydrogen-bond acceptors (Lipinski definition) is 7. The zero-order chi connectivity index (χ0) is 11.5. The normalized spacial score (nSPS) is 31.2. The molecular weight excluding hydrogens is 239 g/mol. The summed E-state index contributed by atoms with van der Waals surface area (Å²) in [5.74, 6) is -1.09. The monoisotopic (exact) mass is 250 g/mol. The SMILES string of the molecule is O=C1OCCC1O[PH](=O)OC1CCOC1=O. The van der Waals surface area contributed by atoms with Crippen molar-refractivity contribution in [1.29, 1.82) is 0 Å². The van der Waals surface area contributed by atoms with Gasteiger partial charge in [-0.05, 0) is 0 Å². The summed E-state index contributed by atoms with van der Waals surface area (Å²) in [7, 11) is -2.87. The highest BCUT2D eigenvalue weighted by Crippen LogP contribution is 2.33. The predicted molar refractivity (Wildman–Crippen MR) is 49.9 cm³/mol. The Morgan fingerprint density at radius 1 is 1.00 bits per heavy atom. The van der Waals surface area contributed by atoms with Crippen LogP contribution in [-0.2, 0) is 32.7 Å². The summed E-state index contributed by atoms with van der Waals surface area (Å²) < 4.78 is 30.4. The highest BCUT2D eigenvalue weighted by atomic mass is 31.1. The smallest absolute Gasteiger partial charge is 0.335 e. The maximum absolute atomic E-state index is 11.4. The summed E-state index contributed by atoms with van der Waals surface area (Å²) >= 11 is 0. The van der Waals surface area contributed by atoms with E-state index < -0.39 is 32.4 Å². The van der Waals surface area contributed by atoms with Crippen LogP contribution in [0, 0.1) is 0 Å². The number of cyclic esters (lactones) is 2. The van der Waals surface area contributed by atoms with Gasteiger partial charge in [0.15, 0.2) is 12.2 Å². The van der Waals surface area contributed by atoms with Crippen LogP contribution in [-0.4, -0.2) is 37.4 Å². The molecule has 8 heteroatoms. The van der Waals surface area contributed by atoms with E-state index in [0.717, 1.165) is 0 Å². The molecule has 0 amide bonds. The average molecular weight is 250 g/mol. The Bertz CT molecular complexity index is 298. The molecule has 0 aromatic carbocycles. The number of ether oxygens (including phenoxy) is 2. The fourth-order valence-corrected chi connectivity index (χ4v) is 2.38. The minimum Gasteiger partial charge on any atom is -0.464 e. The second kappa shape index (κ2) is 4.95. The largest absolute Gasteiger partial charge is 0.464 e. The van der Waals surface area contributed by atoms with E-state index in [0.29, 0.717) is 12.8 Å². The summed E-state index contributed by atoms with van der Waals surface area (Å²) in [6.07, 6.45) is -0.978. The number of rotatable bonds is 4. The first-order valence-electron chi connectivity index (χ1n) is 4.87. The maximum Gasteiger partial charge on any atom is 0.335 e. The summed E-state index contributed by atoms with van der Waals surface area (Å²) in [6.45, 7) is 0.508. The maximum atomic E-state index is 11.4. The molecule has 0 aliphatic carbocycles. The van der Waals surface area contributed by atoms with Gasteiger partial charge in [-0.15, -0.1) is 0 Å². The molecule has 16 heavy (non-hydrogen) atoms. The van der Waals surface area contributed by atoms with Gasteiger partial charge >= 0.3 is 20.2 Å². The highest BCUT2D eigenvalue weighted by molar-refractivity contribution is 7.33. The minimum atomic E-state index is -2.87. The first kappa shape index (κ1) is 11.6. The minimum absolute atomic E-state index is 0.254. The lowest BCUT2D eigenvalue weighted by molar-refractivity contribution is -0.144. The summed E-state index contributed by atoms with van der Waals surface area (Å²) in [4.78, 5) is 22.0. The molecule has 0 saturated carbocycles. The van der Waals surface area contributed by atoms with Gasteiger partial charge in [0.1, 0.15) is 0 Å². The fraction of sp³-hybridized carbons (Fsp3) is 0.750. The molecule has 0 bridgehead atoms. The van der Waals surface area contributed by atoms with Crippen LogP contribution >= 0.6 is 8.25 Å². The molecule has 2 saturated heterocycles. The molecule has 0 aromatic rings. The summed E-state index contributed by atoms with van der Waals surface area (Å²) in [5, 5.41) is 0. The molecule has 2 fully saturated rings. The highest BCUT2D eigenvalue weighted by Gasteiger charge is 2.33. The van der Waals surface area contributed by atoms with E-state index in [1.54, 1.807) is 0 Å². The van der Waals surface area contributed by atoms with E-state index in [2.05, 4.69) is 9.47 Å². The van der Waals surface area contributed by atoms with Crippen molar-refractivity contribution < 1.29 is 32.7 Å². The van der Waals surface area contributed by atoms with Crippen LogP contribution < -0.4 is 0 Å². The first-order valence-corrected chi connectivity index (χ1v) is 6.10. The van der Waals surface area contributed by atoms with Gasteiger partial charge < -0.3 is 9.47 Å². The molecule has 0 radical (unpaired) electrons. The van der Waals surface area contributed by atoms with Crippen LogP contribution in [0.4, 0.5) is 0 Å². The lowest BCUT2D eigenvalue weighted by atomic mass is 10.3. The lowest BCUT2D eigenvalue weighted by Crippen LogP contribution is -2.19. The van der Waals surface area contributed by atoms with Crippen molar-refractivity contribution in [3.8, 4) is 0 Å². The molecule has 0 spiro atoms. The number of carbonyl (C=O) groups excluding carboxylic acids is 2. The van der Waals surface area contributed by atoms with Gasteiger partial charge in [-0.25, -0.2) is 9.59 Å². The van der Waals surface area contributed by atoms with Crippen LogP contribution in [0.5, 0.6) is 0 Å². The van der Waals surface area contributed by atoms with Gasteiger partial charge in [0.05, 0.1) is 13.2 Å². The van der Waals surface area contributed by atoms with Gasteiger partial charge in [-0.1, -0.05) is 0 Å². The second-order valence-electron chi connectivity index (χ2n) is 3.38. The molecule has 7 nitrogen and oxygen atoms in total. The first-order chi connectivity index (χ1) is 7.66. The van der Waals surface area contributed by atoms with Crippen LogP contribution in [0.3, 0.4) is 0 Å². The quantitative estimate of drug-likeness (QED) is 0.514. The van der Waals surface area contributed by atoms with E-state index in [9.17, 15) is 14.2 Å². The standard InChI is InChI=1S/C8H11O7P/c9-7-5(1-3-12-7)14-16(11)15-6-2-4-13-8(6)10/h5-6,16H,1-4H2. The van der Waals surface area contributed by atoms with Crippen molar-refractivity contribution in [3.05, 3.63) is 0 Å². The Balaban J connectivity index is 1.79. The van der Waals surface area contributed by atoms with E-state index in [4.69, 9.17) is 9.05 Å². The molecule has 2 unspecified atom stereocenters. The molecule has 2 aliphatic rings. The van der Waals surface area contributed by atoms with Gasteiger partial charge in [0.25, 0.3) is 0 Å². The van der Waals surface area contributed by atoms with E-state index in [1.807, 2.05) is 0 Å². The van der Waals surface area contributed by atoms with E-state index in [1.165, 1.54) is 0 Å². The molecule has 0 N–H and O–H groups in total. The lowest BCUT2D eigenvalue weighted by Gasteiger charge is -2.10. The third kappa shape index (κ3) is 2.61. The second-order valence-corrected chi connectivity index (χ2v) is 4.35. The third-order valence-electron chi connectivity index (χ3n) is 2.25. The average Bonchev–Trinajstić information content (AvgIpc) is 2.79. The van der Waals surface area contributed by atoms with Gasteiger partial charge in [-0.3, -0.25) is 13.6 Å². The van der Waals surface area contributed by atoms with Crippen molar-refractivity contribution in [3.63, 3.8) is 0 Å². The Labute approximate surface area is 91.9 Å². The Morgan fingerprint density at radius 2 is 1.44 bits per heavy atom. The molecule has 2 aliphatic heterocycles. The van der Waals surface area contributed by atoms with E-state index >= 15 is 0 Å². The number of hydrogen-bond donors (Lipinski definition) is 0. The van der Waals surface area contributed by atoms with Crippen molar-refractivity contribution in [1.82, 2.24) is 0 Å². The number of esters is 2. The Hall–Kier alpha value is -0.910. The van der Waals surface area contributed by atoms with Gasteiger partial charge in [0, 0.05) is 12.8 Å². The summed E-state index contributed by atoms with van der Waals surface area (Å²) in [6, 6.07) is 0. The Morgan fingerprint density at radius 3 is 1.75 bits per heavy atom. The van der Waals surface area contributed by atoms with Crippen LogP contribution in [0.1, 0.15) is 12.8 Å². The van der Waals surface area contributed by atoms with Gasteiger partial charge in [-0.2, -0.15) is 0 Å². The van der Waals surface area contributed by atoms with Gasteiger partial charge in [0.2, 0.25) is 0 Å². The zero-order valence-electron chi connectivity index (χ0n) is 8.34. The topological polar surface area (TPSA) is 88.1 Å². The summed E-state index contributed by atoms with van der Waals surface area (Å²) in [5.41, 5.74) is 0.